The van der Waals surface area contributed by atoms with E-state index in [0.29, 0.717) is 40.7 Å². The second kappa shape index (κ2) is 10.3. The molecule has 0 radical (unpaired) electrons. The molecule has 3 rings (SSSR count). The Bertz CT molecular complexity index is 1140. The summed E-state index contributed by atoms with van der Waals surface area (Å²) in [6.45, 7) is 6.70. The highest BCUT2D eigenvalue weighted by molar-refractivity contribution is 8.00. The fraction of sp³-hybridized carbons (Fsp3) is 0.348. The molecule has 0 spiro atoms. The summed E-state index contributed by atoms with van der Waals surface area (Å²) in [5, 5.41) is 4.05. The number of amides is 1. The van der Waals surface area contributed by atoms with Crippen LogP contribution in [0.15, 0.2) is 46.3 Å². The van der Waals surface area contributed by atoms with Crippen molar-refractivity contribution in [1.82, 2.24) is 9.55 Å². The Balaban J connectivity index is 1.91. The van der Waals surface area contributed by atoms with Crippen LogP contribution in [-0.4, -0.2) is 34.4 Å². The first-order chi connectivity index (χ1) is 14.8. The van der Waals surface area contributed by atoms with Crippen molar-refractivity contribution in [2.45, 2.75) is 44.1 Å². The Morgan fingerprint density at radius 3 is 2.65 bits per heavy atom. The van der Waals surface area contributed by atoms with Crippen LogP contribution < -0.4 is 10.9 Å². The minimum Gasteiger partial charge on any atom is -0.385 e. The van der Waals surface area contributed by atoms with Crippen molar-refractivity contribution in [3.63, 3.8) is 0 Å². The van der Waals surface area contributed by atoms with E-state index in [1.807, 2.05) is 32.0 Å². The van der Waals surface area contributed by atoms with E-state index in [0.717, 1.165) is 16.8 Å². The Hall–Kier alpha value is -2.35. The first-order valence-electron chi connectivity index (χ1n) is 10.0. The minimum absolute atomic E-state index is 0.147. The third kappa shape index (κ3) is 5.47. The number of rotatable bonds is 8. The van der Waals surface area contributed by atoms with Crippen molar-refractivity contribution in [3.8, 4) is 0 Å². The third-order valence-electron chi connectivity index (χ3n) is 4.99. The molecule has 6 nitrogen and oxygen atoms in total. The van der Waals surface area contributed by atoms with Crippen molar-refractivity contribution < 1.29 is 9.53 Å². The number of halogens is 1. The molecule has 1 amide bonds. The number of nitrogens with one attached hydrogen (secondary N) is 1. The molecule has 1 heterocycles. The SMILES string of the molecule is COCCCn1c(SC(C)C(=O)Nc2c(C)cccc2C)nc2cc(Cl)ccc2c1=O. The maximum atomic E-state index is 13.1. The lowest BCUT2D eigenvalue weighted by Crippen LogP contribution is -2.27. The van der Waals surface area contributed by atoms with Gasteiger partial charge >= 0.3 is 0 Å². The van der Waals surface area contributed by atoms with E-state index in [4.69, 9.17) is 16.3 Å². The monoisotopic (exact) mass is 459 g/mol. The fourth-order valence-corrected chi connectivity index (χ4v) is 4.38. The highest BCUT2D eigenvalue weighted by Crippen LogP contribution is 2.26. The summed E-state index contributed by atoms with van der Waals surface area (Å²) < 4.78 is 6.74. The van der Waals surface area contributed by atoms with Crippen LogP contribution in [0.25, 0.3) is 10.9 Å². The highest BCUT2D eigenvalue weighted by Gasteiger charge is 2.20. The number of nitrogens with zero attached hydrogens (tertiary/aromatic N) is 2. The van der Waals surface area contributed by atoms with E-state index >= 15 is 0 Å². The van der Waals surface area contributed by atoms with Crippen LogP contribution in [-0.2, 0) is 16.1 Å². The zero-order valence-corrected chi connectivity index (χ0v) is 19.6. The number of fused-ring (bicyclic) bond motifs is 1. The van der Waals surface area contributed by atoms with E-state index in [1.165, 1.54) is 11.8 Å². The number of ether oxygens (including phenoxy) is 1. The van der Waals surface area contributed by atoms with Gasteiger partial charge in [-0.05, 0) is 56.5 Å². The summed E-state index contributed by atoms with van der Waals surface area (Å²) in [6.07, 6.45) is 0.660. The Labute approximate surface area is 191 Å². The fourth-order valence-electron chi connectivity index (χ4n) is 3.28. The van der Waals surface area contributed by atoms with E-state index in [1.54, 1.807) is 36.8 Å². The lowest BCUT2D eigenvalue weighted by Gasteiger charge is -2.18. The molecule has 3 aromatic rings. The van der Waals surface area contributed by atoms with Gasteiger partial charge in [-0.2, -0.15) is 0 Å². The molecule has 2 aromatic carbocycles. The number of thioether (sulfide) groups is 1. The van der Waals surface area contributed by atoms with E-state index in [9.17, 15) is 9.59 Å². The van der Waals surface area contributed by atoms with Gasteiger partial charge in [0.1, 0.15) is 0 Å². The van der Waals surface area contributed by atoms with Crippen LogP contribution in [0, 0.1) is 13.8 Å². The molecule has 0 aliphatic carbocycles. The average molecular weight is 460 g/mol. The maximum absolute atomic E-state index is 13.1. The third-order valence-corrected chi connectivity index (χ3v) is 6.32. The minimum atomic E-state index is -0.462. The first kappa shape index (κ1) is 23.3. The van der Waals surface area contributed by atoms with Crippen LogP contribution in [0.1, 0.15) is 24.5 Å². The van der Waals surface area contributed by atoms with Crippen molar-refractivity contribution in [2.75, 3.05) is 19.0 Å². The predicted octanol–water partition coefficient (Wildman–Crippen LogP) is 4.82. The zero-order valence-electron chi connectivity index (χ0n) is 18.1. The molecule has 0 aliphatic heterocycles. The lowest BCUT2D eigenvalue weighted by molar-refractivity contribution is -0.115. The number of carbonyl (C=O) groups excluding carboxylic acids is 1. The molecule has 164 valence electrons. The second-order valence-corrected chi connectivity index (χ2v) is 9.12. The number of carbonyl (C=O) groups is 1. The van der Waals surface area contributed by atoms with Gasteiger partial charge in [0.05, 0.1) is 16.2 Å². The quantitative estimate of drug-likeness (QED) is 0.297. The van der Waals surface area contributed by atoms with Gasteiger partial charge in [0.15, 0.2) is 5.16 Å². The number of methoxy groups -OCH3 is 1. The molecular formula is C23H26ClN3O3S. The van der Waals surface area contributed by atoms with Gasteiger partial charge in [-0.1, -0.05) is 41.6 Å². The van der Waals surface area contributed by atoms with Gasteiger partial charge in [-0.15, -0.1) is 0 Å². The second-order valence-electron chi connectivity index (χ2n) is 7.38. The van der Waals surface area contributed by atoms with Gasteiger partial charge in [-0.3, -0.25) is 14.2 Å². The van der Waals surface area contributed by atoms with Crippen LogP contribution in [0.3, 0.4) is 0 Å². The zero-order chi connectivity index (χ0) is 22.5. The summed E-state index contributed by atoms with van der Waals surface area (Å²) in [6, 6.07) is 10.9. The summed E-state index contributed by atoms with van der Waals surface area (Å²) in [4.78, 5) is 30.7. The Morgan fingerprint density at radius 1 is 1.26 bits per heavy atom. The number of aromatic nitrogens is 2. The molecule has 0 saturated heterocycles. The van der Waals surface area contributed by atoms with Gasteiger partial charge in [-0.25, -0.2) is 4.98 Å². The van der Waals surface area contributed by atoms with E-state index in [-0.39, 0.29) is 11.5 Å². The molecule has 0 aliphatic rings. The normalized spacial score (nSPS) is 12.2. The molecule has 1 N–H and O–H groups in total. The van der Waals surface area contributed by atoms with Gasteiger partial charge in [0, 0.05) is 31.0 Å². The topological polar surface area (TPSA) is 73.2 Å². The summed E-state index contributed by atoms with van der Waals surface area (Å²) in [5.41, 5.74) is 3.18. The summed E-state index contributed by atoms with van der Waals surface area (Å²) in [5.74, 6) is -0.147. The van der Waals surface area contributed by atoms with Crippen molar-refractivity contribution in [3.05, 3.63) is 62.9 Å². The van der Waals surface area contributed by atoms with Crippen LogP contribution >= 0.6 is 23.4 Å². The molecule has 1 aromatic heterocycles. The predicted molar refractivity (Wildman–Crippen MR) is 127 cm³/mol. The molecule has 8 heteroatoms. The van der Waals surface area contributed by atoms with E-state index in [2.05, 4.69) is 10.3 Å². The van der Waals surface area contributed by atoms with E-state index < -0.39 is 5.25 Å². The number of hydrogen-bond donors (Lipinski definition) is 1. The Kier molecular flexibility index (Phi) is 7.75. The van der Waals surface area contributed by atoms with Gasteiger partial charge in [0.2, 0.25) is 5.91 Å². The molecule has 0 fully saturated rings. The van der Waals surface area contributed by atoms with Crippen LogP contribution in [0.2, 0.25) is 5.02 Å². The highest BCUT2D eigenvalue weighted by atomic mass is 35.5. The number of para-hydroxylation sites is 1. The number of benzene rings is 2. The standard InChI is InChI=1S/C23H26ClN3O3S/c1-14-7-5-8-15(2)20(14)26-21(28)16(3)31-23-25-19-13-17(24)9-10-18(19)22(29)27(23)11-6-12-30-4/h5,7-10,13,16H,6,11-12H2,1-4H3,(H,26,28). The number of aryl methyl sites for hydroxylation is 2. The van der Waals surface area contributed by atoms with Crippen LogP contribution in [0.4, 0.5) is 5.69 Å². The van der Waals surface area contributed by atoms with Gasteiger partial charge in [0.25, 0.3) is 5.56 Å². The molecular weight excluding hydrogens is 434 g/mol. The molecule has 1 unspecified atom stereocenters. The lowest BCUT2D eigenvalue weighted by atomic mass is 10.1. The van der Waals surface area contributed by atoms with Crippen LogP contribution in [0.5, 0.6) is 0 Å². The van der Waals surface area contributed by atoms with Crippen molar-refractivity contribution >= 4 is 45.9 Å². The first-order valence-corrected chi connectivity index (χ1v) is 11.3. The largest absolute Gasteiger partial charge is 0.385 e. The molecule has 31 heavy (non-hydrogen) atoms. The van der Waals surface area contributed by atoms with Gasteiger partial charge < -0.3 is 10.1 Å². The summed E-state index contributed by atoms with van der Waals surface area (Å²) >= 11 is 7.36. The average Bonchev–Trinajstić information content (AvgIpc) is 2.72. The van der Waals surface area contributed by atoms with Crippen molar-refractivity contribution in [2.24, 2.45) is 0 Å². The Morgan fingerprint density at radius 2 is 1.97 bits per heavy atom. The molecule has 1 atom stereocenters. The number of anilines is 1. The molecule has 0 bridgehead atoms. The number of hydrogen-bond acceptors (Lipinski definition) is 5. The van der Waals surface area contributed by atoms with Crippen molar-refractivity contribution in [1.29, 1.82) is 0 Å². The smallest absolute Gasteiger partial charge is 0.262 e. The maximum Gasteiger partial charge on any atom is 0.262 e. The molecule has 0 saturated carbocycles. The summed E-state index contributed by atoms with van der Waals surface area (Å²) in [7, 11) is 1.62.